The Balaban J connectivity index is 1.69. The zero-order chi connectivity index (χ0) is 19.7. The van der Waals surface area contributed by atoms with Crippen molar-refractivity contribution in [3.05, 3.63) is 63.5 Å². The molecule has 0 fully saturated rings. The predicted molar refractivity (Wildman–Crippen MR) is 111 cm³/mol. The van der Waals surface area contributed by atoms with Gasteiger partial charge in [0.2, 0.25) is 0 Å². The van der Waals surface area contributed by atoms with E-state index in [1.165, 1.54) is 18.9 Å². The van der Waals surface area contributed by atoms with Gasteiger partial charge < -0.3 is 5.32 Å². The molecule has 4 aromatic rings. The number of anilines is 1. The topological polar surface area (TPSA) is 105 Å². The molecule has 10 heteroatoms. The molecular formula is C18H12Br2N8. The van der Waals surface area contributed by atoms with Gasteiger partial charge in [0, 0.05) is 20.5 Å². The third kappa shape index (κ3) is 3.46. The number of aromatic nitrogens is 6. The maximum absolute atomic E-state index is 8.94. The summed E-state index contributed by atoms with van der Waals surface area (Å²) in [5, 5.41) is 17.5. The van der Waals surface area contributed by atoms with E-state index < -0.39 is 0 Å². The second kappa shape index (κ2) is 7.61. The van der Waals surface area contributed by atoms with E-state index in [2.05, 4.69) is 68.3 Å². The molecule has 1 unspecified atom stereocenters. The predicted octanol–water partition coefficient (Wildman–Crippen LogP) is 4.18. The Hall–Kier alpha value is -2.90. The molecule has 1 aromatic carbocycles. The van der Waals surface area contributed by atoms with Gasteiger partial charge in [-0.1, -0.05) is 15.9 Å². The van der Waals surface area contributed by atoms with E-state index >= 15 is 0 Å². The highest BCUT2D eigenvalue weighted by Gasteiger charge is 2.17. The lowest BCUT2D eigenvalue weighted by Crippen LogP contribution is -2.15. The lowest BCUT2D eigenvalue weighted by atomic mass is 10.2. The summed E-state index contributed by atoms with van der Waals surface area (Å²) in [6.45, 7) is 1.96. The normalized spacial score (nSPS) is 11.9. The number of hydrogen-bond acceptors (Lipinski definition) is 7. The average Bonchev–Trinajstić information content (AvgIpc) is 3.18. The van der Waals surface area contributed by atoms with Crippen molar-refractivity contribution in [2.75, 3.05) is 5.32 Å². The third-order valence-electron chi connectivity index (χ3n) is 4.07. The number of halogens is 2. The van der Waals surface area contributed by atoms with E-state index in [4.69, 9.17) is 5.26 Å². The van der Waals surface area contributed by atoms with Crippen LogP contribution in [0.1, 0.15) is 24.4 Å². The summed E-state index contributed by atoms with van der Waals surface area (Å²) in [5.41, 5.74) is 1.29. The number of nitrogens with one attached hydrogen (secondary N) is 1. The fraction of sp³-hybridized carbons (Fsp3) is 0.111. The number of rotatable bonds is 4. The van der Waals surface area contributed by atoms with Crippen molar-refractivity contribution in [1.29, 1.82) is 5.26 Å². The third-order valence-corrected chi connectivity index (χ3v) is 5.13. The smallest absolute Gasteiger partial charge is 0.156 e. The molecule has 0 aliphatic carbocycles. The van der Waals surface area contributed by atoms with Crippen LogP contribution in [-0.4, -0.2) is 29.7 Å². The Morgan fingerprint density at radius 1 is 1.11 bits per heavy atom. The zero-order valence-electron chi connectivity index (χ0n) is 14.5. The Kier molecular flexibility index (Phi) is 5.02. The number of hydrogen-bond donors (Lipinski definition) is 1. The summed E-state index contributed by atoms with van der Waals surface area (Å²) in [6, 6.07) is 9.17. The van der Waals surface area contributed by atoms with E-state index in [9.17, 15) is 0 Å². The van der Waals surface area contributed by atoms with Crippen LogP contribution in [0.3, 0.4) is 0 Å². The van der Waals surface area contributed by atoms with Gasteiger partial charge in [-0.15, -0.1) is 0 Å². The van der Waals surface area contributed by atoms with Gasteiger partial charge in [-0.3, -0.25) is 0 Å². The molecule has 0 bridgehead atoms. The van der Waals surface area contributed by atoms with E-state index in [1.807, 2.05) is 19.1 Å². The van der Waals surface area contributed by atoms with E-state index in [0.717, 1.165) is 19.8 Å². The summed E-state index contributed by atoms with van der Waals surface area (Å²) < 4.78 is 3.43. The van der Waals surface area contributed by atoms with Crippen LogP contribution in [0.25, 0.3) is 16.7 Å². The van der Waals surface area contributed by atoms with E-state index in [1.54, 1.807) is 16.8 Å². The van der Waals surface area contributed by atoms with Crippen molar-refractivity contribution in [3.8, 4) is 11.9 Å². The highest BCUT2D eigenvalue weighted by Crippen LogP contribution is 2.31. The summed E-state index contributed by atoms with van der Waals surface area (Å²) >= 11 is 7.04. The first-order valence-electron chi connectivity index (χ1n) is 8.19. The highest BCUT2D eigenvalue weighted by molar-refractivity contribution is 9.11. The fourth-order valence-corrected chi connectivity index (χ4v) is 4.10. The molecule has 1 N–H and O–H groups in total. The number of nitriles is 1. The largest absolute Gasteiger partial charge is 0.360 e. The molecule has 138 valence electrons. The molecule has 1 atom stereocenters. The van der Waals surface area contributed by atoms with Crippen LogP contribution in [0.2, 0.25) is 0 Å². The van der Waals surface area contributed by atoms with Crippen LogP contribution in [0, 0.1) is 11.3 Å². The van der Waals surface area contributed by atoms with Gasteiger partial charge in [0.1, 0.15) is 24.5 Å². The van der Waals surface area contributed by atoms with Gasteiger partial charge in [0.15, 0.2) is 11.6 Å². The van der Waals surface area contributed by atoms with Crippen molar-refractivity contribution >= 4 is 48.6 Å². The van der Waals surface area contributed by atoms with Crippen LogP contribution in [0.5, 0.6) is 0 Å². The second-order valence-corrected chi connectivity index (χ2v) is 7.69. The molecule has 0 aliphatic rings. The second-order valence-electron chi connectivity index (χ2n) is 5.92. The van der Waals surface area contributed by atoms with Crippen molar-refractivity contribution in [2.24, 2.45) is 0 Å². The average molecular weight is 500 g/mol. The molecule has 0 radical (unpaired) electrons. The number of fused-ring (bicyclic) bond motifs is 1. The number of pyridine rings is 1. The highest BCUT2D eigenvalue weighted by atomic mass is 79.9. The van der Waals surface area contributed by atoms with E-state index in [-0.39, 0.29) is 6.04 Å². The van der Waals surface area contributed by atoms with Crippen LogP contribution in [-0.2, 0) is 0 Å². The minimum absolute atomic E-state index is 0.212. The van der Waals surface area contributed by atoms with Gasteiger partial charge in [-0.25, -0.2) is 19.9 Å². The monoisotopic (exact) mass is 498 g/mol. The minimum atomic E-state index is -0.212. The van der Waals surface area contributed by atoms with Gasteiger partial charge in [0.25, 0.3) is 0 Å². The van der Waals surface area contributed by atoms with Crippen molar-refractivity contribution in [1.82, 2.24) is 29.7 Å². The first-order chi connectivity index (χ1) is 13.6. The number of nitrogens with zero attached hydrogens (tertiary/aromatic N) is 7. The first-order valence-corrected chi connectivity index (χ1v) is 9.78. The molecule has 3 heterocycles. The van der Waals surface area contributed by atoms with Crippen LogP contribution in [0.15, 0.2) is 52.1 Å². The maximum atomic E-state index is 8.94. The summed E-state index contributed by atoms with van der Waals surface area (Å²) in [5.74, 6) is 1.93. The lowest BCUT2D eigenvalue weighted by molar-refractivity contribution is 0.710. The summed E-state index contributed by atoms with van der Waals surface area (Å²) in [4.78, 5) is 17.4. The molecule has 8 nitrogen and oxygen atoms in total. The minimum Gasteiger partial charge on any atom is -0.360 e. The Labute approximate surface area is 176 Å². The zero-order valence-corrected chi connectivity index (χ0v) is 17.7. The molecule has 3 aromatic heterocycles. The Bertz CT molecular complexity index is 1200. The van der Waals surface area contributed by atoms with Crippen molar-refractivity contribution in [2.45, 2.75) is 13.0 Å². The van der Waals surface area contributed by atoms with Crippen molar-refractivity contribution < 1.29 is 0 Å². The fourth-order valence-electron chi connectivity index (χ4n) is 2.78. The maximum Gasteiger partial charge on any atom is 0.156 e. The van der Waals surface area contributed by atoms with Gasteiger partial charge >= 0.3 is 0 Å². The van der Waals surface area contributed by atoms with Gasteiger partial charge in [-0.05, 0) is 47.1 Å². The van der Waals surface area contributed by atoms with Crippen LogP contribution in [0.4, 0.5) is 5.82 Å². The van der Waals surface area contributed by atoms with Gasteiger partial charge in [0.05, 0.1) is 17.1 Å². The quantitative estimate of drug-likeness (QED) is 0.449. The summed E-state index contributed by atoms with van der Waals surface area (Å²) in [7, 11) is 0. The lowest BCUT2D eigenvalue weighted by Gasteiger charge is -2.16. The first kappa shape index (κ1) is 18.5. The molecule has 0 aliphatic heterocycles. The molecule has 0 spiro atoms. The number of benzene rings is 1. The molecular weight excluding hydrogens is 488 g/mol. The Morgan fingerprint density at radius 2 is 1.96 bits per heavy atom. The van der Waals surface area contributed by atoms with Crippen molar-refractivity contribution in [3.63, 3.8) is 0 Å². The molecule has 0 saturated carbocycles. The van der Waals surface area contributed by atoms with Crippen LogP contribution < -0.4 is 5.32 Å². The standard InChI is InChI=1S/C18H12Br2N8/c1-10(18-25-9-26-28(18)15-3-2-11(6-21)7-22-15)27-17-13-4-12(19)5-14(20)16(13)23-8-24-17/h2-5,7-10H,1H3,(H,23,24,27). The Morgan fingerprint density at radius 3 is 2.71 bits per heavy atom. The van der Waals surface area contributed by atoms with Crippen LogP contribution >= 0.6 is 31.9 Å². The summed E-state index contributed by atoms with van der Waals surface area (Å²) in [6.07, 6.45) is 4.49. The molecule has 4 rings (SSSR count). The SMILES string of the molecule is CC(Nc1ncnc2c(Br)cc(Br)cc12)c1ncnn1-c1ccc(C#N)cn1. The molecule has 0 saturated heterocycles. The van der Waals surface area contributed by atoms with Gasteiger partial charge in [-0.2, -0.15) is 15.0 Å². The van der Waals surface area contributed by atoms with E-state index in [0.29, 0.717) is 23.0 Å². The molecule has 0 amide bonds. The molecule has 28 heavy (non-hydrogen) atoms.